The Morgan fingerprint density at radius 3 is 2.91 bits per heavy atom. The van der Waals surface area contributed by atoms with Gasteiger partial charge >= 0.3 is 0 Å². The van der Waals surface area contributed by atoms with Crippen LogP contribution in [0.25, 0.3) is 10.7 Å². The summed E-state index contributed by atoms with van der Waals surface area (Å²) in [5.74, 6) is 0. The van der Waals surface area contributed by atoms with E-state index in [0.29, 0.717) is 18.2 Å². The monoisotopic (exact) mass is 335 g/mol. The summed E-state index contributed by atoms with van der Waals surface area (Å²) in [5.41, 5.74) is -0.0353. The Morgan fingerprint density at radius 1 is 1.35 bits per heavy atom. The van der Waals surface area contributed by atoms with Crippen LogP contribution in [0.2, 0.25) is 0 Å². The molecule has 0 bridgehead atoms. The number of ether oxygens (including phenoxy) is 1. The van der Waals surface area contributed by atoms with E-state index in [0.717, 1.165) is 37.0 Å². The lowest BCUT2D eigenvalue weighted by atomic mass is 10.1. The Kier molecular flexibility index (Phi) is 5.16. The summed E-state index contributed by atoms with van der Waals surface area (Å²) in [6.45, 7) is 6.03. The number of aromatic nitrogens is 3. The van der Waals surface area contributed by atoms with Gasteiger partial charge in [-0.05, 0) is 19.1 Å². The van der Waals surface area contributed by atoms with Gasteiger partial charge in [0.1, 0.15) is 5.69 Å². The molecule has 1 aliphatic heterocycles. The second-order valence-electron chi connectivity index (χ2n) is 5.87. The fourth-order valence-corrected chi connectivity index (χ4v) is 3.17. The quantitative estimate of drug-likeness (QED) is 0.818. The van der Waals surface area contributed by atoms with Crippen molar-refractivity contribution in [3.63, 3.8) is 0 Å². The zero-order chi connectivity index (χ0) is 16.1. The van der Waals surface area contributed by atoms with E-state index in [2.05, 4.69) is 25.4 Å². The molecule has 0 radical (unpaired) electrons. The van der Waals surface area contributed by atoms with Crippen molar-refractivity contribution in [1.29, 1.82) is 0 Å². The van der Waals surface area contributed by atoms with Crippen molar-refractivity contribution >= 4 is 16.5 Å². The van der Waals surface area contributed by atoms with Crippen LogP contribution in [0.3, 0.4) is 0 Å². The SMILES string of the molecule is CC(O)(CNc1nnc(-c2ccccn2)s1)CN1CCOCC1. The number of hydrogen-bond acceptors (Lipinski definition) is 8. The number of nitrogens with one attached hydrogen (secondary N) is 1. The maximum absolute atomic E-state index is 10.6. The van der Waals surface area contributed by atoms with Gasteiger partial charge in [-0.15, -0.1) is 10.2 Å². The molecule has 0 aliphatic carbocycles. The van der Waals surface area contributed by atoms with Gasteiger partial charge in [0.15, 0.2) is 5.01 Å². The topological polar surface area (TPSA) is 83.4 Å². The Bertz CT molecular complexity index is 613. The highest BCUT2D eigenvalue weighted by molar-refractivity contribution is 7.18. The summed E-state index contributed by atoms with van der Waals surface area (Å²) >= 11 is 1.43. The van der Waals surface area contributed by atoms with E-state index in [1.807, 2.05) is 25.1 Å². The van der Waals surface area contributed by atoms with E-state index in [1.54, 1.807) is 6.20 Å². The van der Waals surface area contributed by atoms with Gasteiger partial charge in [0, 0.05) is 32.4 Å². The fourth-order valence-electron chi connectivity index (χ4n) is 2.45. The Morgan fingerprint density at radius 2 is 2.17 bits per heavy atom. The molecule has 1 fully saturated rings. The fraction of sp³-hybridized carbons (Fsp3) is 0.533. The third-order valence-electron chi connectivity index (χ3n) is 3.60. The molecule has 8 heteroatoms. The lowest BCUT2D eigenvalue weighted by molar-refractivity contribution is -0.0163. The van der Waals surface area contributed by atoms with Crippen molar-refractivity contribution in [2.24, 2.45) is 0 Å². The van der Waals surface area contributed by atoms with Gasteiger partial charge in [0.25, 0.3) is 0 Å². The van der Waals surface area contributed by atoms with Crippen LogP contribution in [-0.4, -0.2) is 70.2 Å². The minimum absolute atomic E-state index is 0.418. The zero-order valence-electron chi connectivity index (χ0n) is 13.1. The smallest absolute Gasteiger partial charge is 0.206 e. The Balaban J connectivity index is 1.54. The van der Waals surface area contributed by atoms with E-state index >= 15 is 0 Å². The minimum Gasteiger partial charge on any atom is -0.387 e. The number of rotatable bonds is 6. The first kappa shape index (κ1) is 16.3. The highest BCUT2D eigenvalue weighted by Gasteiger charge is 2.25. The van der Waals surface area contributed by atoms with Gasteiger partial charge < -0.3 is 15.2 Å². The largest absolute Gasteiger partial charge is 0.387 e. The summed E-state index contributed by atoms with van der Waals surface area (Å²) in [6.07, 6.45) is 1.73. The number of β-amino-alcohol motifs (C(OH)–C–C–N with tert-alkyl or cyclic N) is 1. The van der Waals surface area contributed by atoms with E-state index in [9.17, 15) is 5.11 Å². The minimum atomic E-state index is -0.839. The number of aliphatic hydroxyl groups is 1. The number of nitrogens with zero attached hydrogens (tertiary/aromatic N) is 4. The zero-order valence-corrected chi connectivity index (χ0v) is 13.9. The molecule has 2 aromatic rings. The van der Waals surface area contributed by atoms with Crippen LogP contribution in [0.15, 0.2) is 24.4 Å². The van der Waals surface area contributed by atoms with E-state index in [1.165, 1.54) is 11.3 Å². The molecule has 1 unspecified atom stereocenters. The van der Waals surface area contributed by atoms with Crippen LogP contribution >= 0.6 is 11.3 Å². The molecule has 1 aliphatic rings. The van der Waals surface area contributed by atoms with Gasteiger partial charge in [-0.25, -0.2) is 0 Å². The van der Waals surface area contributed by atoms with Crippen molar-refractivity contribution in [2.75, 3.05) is 44.7 Å². The van der Waals surface area contributed by atoms with Crippen molar-refractivity contribution in [2.45, 2.75) is 12.5 Å². The molecule has 1 saturated heterocycles. The Labute approximate surface area is 139 Å². The van der Waals surface area contributed by atoms with Gasteiger partial charge in [0.05, 0.1) is 18.8 Å². The molecule has 2 aromatic heterocycles. The average Bonchev–Trinajstić information content (AvgIpc) is 3.04. The summed E-state index contributed by atoms with van der Waals surface area (Å²) < 4.78 is 5.33. The standard InChI is InChI=1S/C15H21N5O2S/c1-15(21,11-20-6-8-22-9-7-20)10-17-14-19-18-13(23-14)12-4-2-3-5-16-12/h2-5,21H,6-11H2,1H3,(H,17,19). The van der Waals surface area contributed by atoms with Crippen LogP contribution in [0.5, 0.6) is 0 Å². The number of hydrogen-bond donors (Lipinski definition) is 2. The molecule has 124 valence electrons. The average molecular weight is 335 g/mol. The molecular formula is C15H21N5O2S. The maximum Gasteiger partial charge on any atom is 0.206 e. The summed E-state index contributed by atoms with van der Waals surface area (Å²) in [5, 5.41) is 23.4. The van der Waals surface area contributed by atoms with Crippen molar-refractivity contribution in [1.82, 2.24) is 20.1 Å². The molecule has 0 aromatic carbocycles. The molecule has 1 atom stereocenters. The van der Waals surface area contributed by atoms with Crippen LogP contribution in [0.4, 0.5) is 5.13 Å². The van der Waals surface area contributed by atoms with Crippen molar-refractivity contribution < 1.29 is 9.84 Å². The highest BCUT2D eigenvalue weighted by Crippen LogP contribution is 2.24. The molecule has 0 saturated carbocycles. The first-order valence-electron chi connectivity index (χ1n) is 7.64. The van der Waals surface area contributed by atoms with Gasteiger partial charge in [-0.2, -0.15) is 0 Å². The normalized spacial score (nSPS) is 18.5. The maximum atomic E-state index is 10.6. The molecule has 0 amide bonds. The van der Waals surface area contributed by atoms with Crippen LogP contribution in [0, 0.1) is 0 Å². The van der Waals surface area contributed by atoms with Gasteiger partial charge in [-0.3, -0.25) is 9.88 Å². The van der Waals surface area contributed by atoms with Crippen LogP contribution in [0.1, 0.15) is 6.92 Å². The predicted molar refractivity (Wildman–Crippen MR) is 89.5 cm³/mol. The summed E-state index contributed by atoms with van der Waals surface area (Å²) in [4.78, 5) is 6.47. The molecule has 7 nitrogen and oxygen atoms in total. The first-order valence-corrected chi connectivity index (χ1v) is 8.45. The lowest BCUT2D eigenvalue weighted by Gasteiger charge is -2.33. The van der Waals surface area contributed by atoms with E-state index < -0.39 is 5.60 Å². The first-order chi connectivity index (χ1) is 11.1. The molecule has 3 heterocycles. The molecule has 23 heavy (non-hydrogen) atoms. The second kappa shape index (κ2) is 7.31. The molecule has 0 spiro atoms. The lowest BCUT2D eigenvalue weighted by Crippen LogP contribution is -2.49. The summed E-state index contributed by atoms with van der Waals surface area (Å²) in [7, 11) is 0. The summed E-state index contributed by atoms with van der Waals surface area (Å²) in [6, 6.07) is 5.69. The number of morpholine rings is 1. The van der Waals surface area contributed by atoms with E-state index in [4.69, 9.17) is 4.74 Å². The number of pyridine rings is 1. The third kappa shape index (κ3) is 4.68. The van der Waals surface area contributed by atoms with Crippen molar-refractivity contribution in [3.05, 3.63) is 24.4 Å². The molecule has 2 N–H and O–H groups in total. The second-order valence-corrected chi connectivity index (χ2v) is 6.84. The molecule has 3 rings (SSSR count). The Hall–Kier alpha value is -1.61. The predicted octanol–water partition coefficient (Wildman–Crippen LogP) is 1.10. The van der Waals surface area contributed by atoms with Gasteiger partial charge in [-0.1, -0.05) is 17.4 Å². The number of anilines is 1. The van der Waals surface area contributed by atoms with Crippen LogP contribution in [-0.2, 0) is 4.74 Å². The highest BCUT2D eigenvalue weighted by atomic mass is 32.1. The van der Waals surface area contributed by atoms with Gasteiger partial charge in [0.2, 0.25) is 5.13 Å². The third-order valence-corrected chi connectivity index (χ3v) is 4.50. The van der Waals surface area contributed by atoms with E-state index in [-0.39, 0.29) is 0 Å². The van der Waals surface area contributed by atoms with Crippen molar-refractivity contribution in [3.8, 4) is 10.7 Å². The van der Waals surface area contributed by atoms with Crippen LogP contribution < -0.4 is 5.32 Å². The molecular weight excluding hydrogens is 314 g/mol.